The smallest absolute Gasteiger partial charge is 0.339 e. The van der Waals surface area contributed by atoms with Gasteiger partial charge < -0.3 is 10.2 Å². The molecule has 0 saturated carbocycles. The molecule has 0 amide bonds. The van der Waals surface area contributed by atoms with Gasteiger partial charge in [-0.1, -0.05) is 20.8 Å². The third-order valence-corrected chi connectivity index (χ3v) is 2.12. The van der Waals surface area contributed by atoms with Gasteiger partial charge >= 0.3 is 5.97 Å². The first-order valence-corrected chi connectivity index (χ1v) is 4.50. The minimum absolute atomic E-state index is 0.276. The van der Waals surface area contributed by atoms with Gasteiger partial charge in [-0.25, -0.2) is 9.18 Å². The number of carboxylic acid groups (broad SMARTS) is 1. The maximum Gasteiger partial charge on any atom is 0.339 e. The zero-order valence-electron chi connectivity index (χ0n) is 8.84. The van der Waals surface area contributed by atoms with Gasteiger partial charge in [-0.15, -0.1) is 0 Å². The average molecular weight is 212 g/mol. The van der Waals surface area contributed by atoms with E-state index < -0.39 is 23.0 Å². The van der Waals surface area contributed by atoms with E-state index in [2.05, 4.69) is 0 Å². The summed E-state index contributed by atoms with van der Waals surface area (Å²) in [5.41, 5.74) is -0.499. The van der Waals surface area contributed by atoms with Crippen molar-refractivity contribution in [2.75, 3.05) is 0 Å². The van der Waals surface area contributed by atoms with Crippen LogP contribution < -0.4 is 0 Å². The molecule has 0 aliphatic heterocycles. The summed E-state index contributed by atoms with van der Waals surface area (Å²) in [7, 11) is 0. The molecule has 0 bridgehead atoms. The monoisotopic (exact) mass is 212 g/mol. The number of aromatic carboxylic acids is 1. The highest BCUT2D eigenvalue weighted by molar-refractivity contribution is 5.91. The lowest BCUT2D eigenvalue weighted by Gasteiger charge is -2.20. The summed E-state index contributed by atoms with van der Waals surface area (Å²) in [6, 6.07) is 2.01. The van der Waals surface area contributed by atoms with Gasteiger partial charge in [-0.2, -0.15) is 0 Å². The second-order valence-electron chi connectivity index (χ2n) is 4.40. The van der Waals surface area contributed by atoms with E-state index in [1.54, 1.807) is 20.8 Å². The van der Waals surface area contributed by atoms with E-state index in [1.807, 2.05) is 0 Å². The molecule has 0 aliphatic rings. The molecule has 4 heteroatoms. The van der Waals surface area contributed by atoms with Crippen molar-refractivity contribution in [3.63, 3.8) is 0 Å². The van der Waals surface area contributed by atoms with E-state index in [4.69, 9.17) is 5.11 Å². The van der Waals surface area contributed by atoms with E-state index >= 15 is 0 Å². The predicted octanol–water partition coefficient (Wildman–Crippen LogP) is 2.53. The number of hydrogen-bond acceptors (Lipinski definition) is 2. The standard InChI is InChI=1S/C11H13FO3/c1-11(2,3)7-4-6(10(14)15)9(13)5-8(7)12/h4-5,13H,1-3H3,(H,14,15). The van der Waals surface area contributed by atoms with Crippen LogP contribution in [0.25, 0.3) is 0 Å². The Morgan fingerprint density at radius 2 is 1.87 bits per heavy atom. The van der Waals surface area contributed by atoms with E-state index in [-0.39, 0.29) is 11.1 Å². The van der Waals surface area contributed by atoms with Crippen LogP contribution in [0.5, 0.6) is 5.75 Å². The van der Waals surface area contributed by atoms with Crippen LogP contribution in [0.1, 0.15) is 36.7 Å². The fourth-order valence-corrected chi connectivity index (χ4v) is 1.31. The number of carbonyl (C=O) groups is 1. The predicted molar refractivity (Wildman–Crippen MR) is 53.7 cm³/mol. The Morgan fingerprint density at radius 3 is 2.27 bits per heavy atom. The number of hydrogen-bond donors (Lipinski definition) is 2. The Bertz CT molecular complexity index is 405. The number of phenols is 1. The van der Waals surface area contributed by atoms with Crippen molar-refractivity contribution in [1.82, 2.24) is 0 Å². The molecule has 82 valence electrons. The Labute approximate surface area is 87.2 Å². The largest absolute Gasteiger partial charge is 0.507 e. The molecule has 0 aliphatic carbocycles. The van der Waals surface area contributed by atoms with Crippen LogP contribution in [0.4, 0.5) is 4.39 Å². The van der Waals surface area contributed by atoms with Crippen molar-refractivity contribution in [3.8, 4) is 5.75 Å². The summed E-state index contributed by atoms with van der Waals surface area (Å²) in [5.74, 6) is -2.41. The summed E-state index contributed by atoms with van der Waals surface area (Å²) in [6.45, 7) is 5.32. The Balaban J connectivity index is 3.43. The Hall–Kier alpha value is -1.58. The first-order valence-electron chi connectivity index (χ1n) is 4.50. The van der Waals surface area contributed by atoms with Crippen LogP contribution in [-0.2, 0) is 5.41 Å². The maximum atomic E-state index is 13.4. The van der Waals surface area contributed by atoms with E-state index in [0.29, 0.717) is 0 Å². The van der Waals surface area contributed by atoms with Gasteiger partial charge in [0.2, 0.25) is 0 Å². The normalized spacial score (nSPS) is 11.5. The van der Waals surface area contributed by atoms with Crippen LogP contribution in [0.2, 0.25) is 0 Å². The number of halogens is 1. The van der Waals surface area contributed by atoms with Gasteiger partial charge in [-0.05, 0) is 17.0 Å². The topological polar surface area (TPSA) is 57.5 Å². The molecule has 3 nitrogen and oxygen atoms in total. The van der Waals surface area contributed by atoms with Gasteiger partial charge in [0.05, 0.1) is 0 Å². The first kappa shape index (κ1) is 11.5. The zero-order chi connectivity index (χ0) is 11.8. The molecule has 0 spiro atoms. The summed E-state index contributed by atoms with van der Waals surface area (Å²) < 4.78 is 13.4. The fourth-order valence-electron chi connectivity index (χ4n) is 1.31. The molecule has 0 fully saturated rings. The molecule has 0 saturated heterocycles. The zero-order valence-corrected chi connectivity index (χ0v) is 8.84. The van der Waals surface area contributed by atoms with Crippen molar-refractivity contribution in [3.05, 3.63) is 29.1 Å². The van der Waals surface area contributed by atoms with Crippen molar-refractivity contribution in [2.24, 2.45) is 0 Å². The van der Waals surface area contributed by atoms with Crippen molar-refractivity contribution < 1.29 is 19.4 Å². The van der Waals surface area contributed by atoms with Crippen LogP contribution in [-0.4, -0.2) is 16.2 Å². The molecular formula is C11H13FO3. The second kappa shape index (κ2) is 3.53. The molecule has 1 aromatic carbocycles. The lowest BCUT2D eigenvalue weighted by atomic mass is 9.85. The lowest BCUT2D eigenvalue weighted by molar-refractivity contribution is 0.0693. The van der Waals surface area contributed by atoms with Crippen LogP contribution in [0.3, 0.4) is 0 Å². The maximum absolute atomic E-state index is 13.4. The quantitative estimate of drug-likeness (QED) is 0.752. The second-order valence-corrected chi connectivity index (χ2v) is 4.40. The number of rotatable bonds is 1. The number of carboxylic acids is 1. The van der Waals surface area contributed by atoms with Crippen LogP contribution in [0, 0.1) is 5.82 Å². The molecule has 0 radical (unpaired) electrons. The molecule has 15 heavy (non-hydrogen) atoms. The van der Waals surface area contributed by atoms with Crippen molar-refractivity contribution in [1.29, 1.82) is 0 Å². The van der Waals surface area contributed by atoms with Crippen molar-refractivity contribution >= 4 is 5.97 Å². The molecule has 1 rings (SSSR count). The van der Waals surface area contributed by atoms with E-state index in [0.717, 1.165) is 6.07 Å². The molecule has 0 heterocycles. The Kier molecular flexibility index (Phi) is 2.71. The summed E-state index contributed by atoms with van der Waals surface area (Å²) >= 11 is 0. The minimum Gasteiger partial charge on any atom is -0.507 e. The fraction of sp³-hybridized carbons (Fsp3) is 0.364. The summed E-state index contributed by atoms with van der Waals surface area (Å²) in [4.78, 5) is 10.7. The SMILES string of the molecule is CC(C)(C)c1cc(C(=O)O)c(O)cc1F. The van der Waals surface area contributed by atoms with Crippen LogP contribution in [0.15, 0.2) is 12.1 Å². The van der Waals surface area contributed by atoms with Gasteiger partial charge in [0.15, 0.2) is 0 Å². The molecule has 0 atom stereocenters. The molecular weight excluding hydrogens is 199 g/mol. The highest BCUT2D eigenvalue weighted by Gasteiger charge is 2.22. The van der Waals surface area contributed by atoms with Gasteiger partial charge in [0.25, 0.3) is 0 Å². The highest BCUT2D eigenvalue weighted by atomic mass is 19.1. The summed E-state index contributed by atoms with van der Waals surface area (Å²) in [5, 5.41) is 18.0. The Morgan fingerprint density at radius 1 is 1.33 bits per heavy atom. The third kappa shape index (κ3) is 2.26. The minimum atomic E-state index is -1.27. The lowest BCUT2D eigenvalue weighted by Crippen LogP contribution is -2.15. The molecule has 0 unspecified atom stereocenters. The number of aromatic hydroxyl groups is 1. The van der Waals surface area contributed by atoms with Crippen molar-refractivity contribution in [2.45, 2.75) is 26.2 Å². The van der Waals surface area contributed by atoms with Gasteiger partial charge in [0.1, 0.15) is 17.1 Å². The first-order chi connectivity index (χ1) is 6.73. The highest BCUT2D eigenvalue weighted by Crippen LogP contribution is 2.30. The summed E-state index contributed by atoms with van der Waals surface area (Å²) in [6.07, 6.45) is 0. The molecule has 1 aromatic rings. The third-order valence-electron chi connectivity index (χ3n) is 2.12. The van der Waals surface area contributed by atoms with E-state index in [1.165, 1.54) is 6.07 Å². The average Bonchev–Trinajstić information content (AvgIpc) is 2.00. The van der Waals surface area contributed by atoms with Gasteiger partial charge in [0, 0.05) is 6.07 Å². The molecule has 2 N–H and O–H groups in total. The van der Waals surface area contributed by atoms with E-state index in [9.17, 15) is 14.3 Å². The number of benzene rings is 1. The molecule has 0 aromatic heterocycles. The van der Waals surface area contributed by atoms with Gasteiger partial charge in [-0.3, -0.25) is 0 Å². The van der Waals surface area contributed by atoms with Crippen LogP contribution >= 0.6 is 0 Å².